The molecule has 1 aromatic rings. The Balaban J connectivity index is 2.47. The van der Waals surface area contributed by atoms with Gasteiger partial charge in [0.1, 0.15) is 6.04 Å². The molecule has 0 aromatic carbocycles. The maximum Gasteiger partial charge on any atom is 0.326 e. The Bertz CT molecular complexity index is 431. The van der Waals surface area contributed by atoms with Gasteiger partial charge in [0.05, 0.1) is 5.69 Å². The first kappa shape index (κ1) is 14.0. The van der Waals surface area contributed by atoms with E-state index in [0.717, 1.165) is 0 Å². The number of carbonyl (C=O) groups excluding carboxylic acids is 1. The van der Waals surface area contributed by atoms with Crippen LogP contribution in [0.1, 0.15) is 12.8 Å². The summed E-state index contributed by atoms with van der Waals surface area (Å²) < 4.78 is 0. The number of rotatable bonds is 6. The summed E-state index contributed by atoms with van der Waals surface area (Å²) in [5, 5.41) is 25.4. The lowest BCUT2D eigenvalue weighted by Crippen LogP contribution is -2.43. The molecular formula is C10H12N2O5S. The minimum Gasteiger partial charge on any atom is -0.481 e. The van der Waals surface area contributed by atoms with Crippen LogP contribution in [0.25, 0.3) is 0 Å². The maximum atomic E-state index is 11.4. The fraction of sp³-hybridized carbons (Fsp3) is 0.300. The summed E-state index contributed by atoms with van der Waals surface area (Å²) in [5.41, 5.74) is 0.555. The van der Waals surface area contributed by atoms with Gasteiger partial charge in [0.25, 0.3) is 0 Å². The van der Waals surface area contributed by atoms with Crippen LogP contribution in [0.5, 0.6) is 0 Å². The average molecular weight is 272 g/mol. The number of hydrogen-bond acceptors (Lipinski definition) is 4. The second kappa shape index (κ2) is 6.60. The van der Waals surface area contributed by atoms with Gasteiger partial charge in [0.15, 0.2) is 0 Å². The predicted octanol–water partition coefficient (Wildman–Crippen LogP) is 1.19. The topological polar surface area (TPSA) is 116 Å². The molecular weight excluding hydrogens is 260 g/mol. The molecule has 1 unspecified atom stereocenters. The zero-order valence-electron chi connectivity index (χ0n) is 9.25. The van der Waals surface area contributed by atoms with Crippen LogP contribution in [-0.2, 0) is 9.59 Å². The highest BCUT2D eigenvalue weighted by atomic mass is 32.1. The fourth-order valence-electron chi connectivity index (χ4n) is 1.19. The normalized spacial score (nSPS) is 11.6. The summed E-state index contributed by atoms with van der Waals surface area (Å²) >= 11 is 1.38. The first-order valence-electron chi connectivity index (χ1n) is 5.03. The third-order valence-electron chi connectivity index (χ3n) is 2.03. The molecule has 0 fully saturated rings. The van der Waals surface area contributed by atoms with Crippen LogP contribution < -0.4 is 10.6 Å². The Kier molecular flexibility index (Phi) is 5.12. The van der Waals surface area contributed by atoms with Crippen molar-refractivity contribution in [2.45, 2.75) is 18.9 Å². The first-order valence-corrected chi connectivity index (χ1v) is 5.97. The Labute approximate surface area is 106 Å². The van der Waals surface area contributed by atoms with E-state index in [9.17, 15) is 14.4 Å². The van der Waals surface area contributed by atoms with Crippen molar-refractivity contribution in [2.75, 3.05) is 5.32 Å². The monoisotopic (exact) mass is 272 g/mol. The number of nitrogens with one attached hydrogen (secondary N) is 2. The van der Waals surface area contributed by atoms with Crippen LogP contribution in [0, 0.1) is 0 Å². The molecule has 7 nitrogen and oxygen atoms in total. The van der Waals surface area contributed by atoms with E-state index in [1.165, 1.54) is 11.3 Å². The van der Waals surface area contributed by atoms with E-state index in [0.29, 0.717) is 5.69 Å². The Morgan fingerprint density at radius 1 is 1.33 bits per heavy atom. The Morgan fingerprint density at radius 2 is 2.06 bits per heavy atom. The number of urea groups is 1. The molecule has 1 aromatic heterocycles. The maximum absolute atomic E-state index is 11.4. The van der Waals surface area contributed by atoms with Crippen LogP contribution in [0.2, 0.25) is 0 Å². The summed E-state index contributed by atoms with van der Waals surface area (Å²) in [5.74, 6) is -2.38. The molecule has 0 aliphatic heterocycles. The van der Waals surface area contributed by atoms with Crippen molar-refractivity contribution >= 4 is 35.0 Å². The number of amides is 2. The smallest absolute Gasteiger partial charge is 0.326 e. The lowest BCUT2D eigenvalue weighted by atomic mass is 10.1. The fourth-order valence-corrected chi connectivity index (χ4v) is 1.77. The van der Waals surface area contributed by atoms with E-state index in [1.54, 1.807) is 16.8 Å². The number of aliphatic carboxylic acids is 2. The van der Waals surface area contributed by atoms with Gasteiger partial charge >= 0.3 is 18.0 Å². The average Bonchev–Trinajstić information content (AvgIpc) is 2.76. The molecule has 0 bridgehead atoms. The van der Waals surface area contributed by atoms with E-state index in [1.807, 2.05) is 0 Å². The molecule has 2 amide bonds. The molecule has 4 N–H and O–H groups in total. The van der Waals surface area contributed by atoms with Gasteiger partial charge in [-0.1, -0.05) is 0 Å². The molecule has 1 rings (SSSR count). The molecule has 98 valence electrons. The standard InChI is InChI=1S/C10H12N2O5S/c13-8(14)2-1-7(9(15)16)12-10(17)11-6-3-4-18-5-6/h3-5,7H,1-2H2,(H,13,14)(H,15,16)(H2,11,12,17). The van der Waals surface area contributed by atoms with Crippen molar-refractivity contribution in [3.8, 4) is 0 Å². The number of carboxylic acid groups (broad SMARTS) is 2. The number of anilines is 1. The molecule has 0 radical (unpaired) electrons. The van der Waals surface area contributed by atoms with Gasteiger partial charge < -0.3 is 20.8 Å². The first-order chi connectivity index (χ1) is 8.49. The molecule has 0 saturated heterocycles. The van der Waals surface area contributed by atoms with Crippen molar-refractivity contribution < 1.29 is 24.6 Å². The molecule has 0 spiro atoms. The number of carbonyl (C=O) groups is 3. The molecule has 0 aliphatic carbocycles. The third kappa shape index (κ3) is 4.83. The van der Waals surface area contributed by atoms with Gasteiger partial charge in [0, 0.05) is 11.8 Å². The van der Waals surface area contributed by atoms with Gasteiger partial charge in [-0.05, 0) is 17.9 Å². The predicted molar refractivity (Wildman–Crippen MR) is 64.8 cm³/mol. The Hall–Kier alpha value is -2.09. The van der Waals surface area contributed by atoms with E-state index >= 15 is 0 Å². The van der Waals surface area contributed by atoms with E-state index < -0.39 is 24.0 Å². The summed E-state index contributed by atoms with van der Waals surface area (Å²) in [7, 11) is 0. The van der Waals surface area contributed by atoms with Crippen molar-refractivity contribution in [3.63, 3.8) is 0 Å². The summed E-state index contributed by atoms with van der Waals surface area (Å²) in [6.07, 6.45) is -0.489. The van der Waals surface area contributed by atoms with Gasteiger partial charge in [0.2, 0.25) is 0 Å². The third-order valence-corrected chi connectivity index (χ3v) is 2.71. The molecule has 1 heterocycles. The van der Waals surface area contributed by atoms with Crippen LogP contribution >= 0.6 is 11.3 Å². The minimum atomic E-state index is -1.27. The van der Waals surface area contributed by atoms with Gasteiger partial charge in [-0.2, -0.15) is 11.3 Å². The van der Waals surface area contributed by atoms with Crippen LogP contribution in [0.4, 0.5) is 10.5 Å². The lowest BCUT2D eigenvalue weighted by Gasteiger charge is -2.13. The van der Waals surface area contributed by atoms with Crippen molar-refractivity contribution in [3.05, 3.63) is 16.8 Å². The number of hydrogen-bond donors (Lipinski definition) is 4. The SMILES string of the molecule is O=C(O)CCC(NC(=O)Nc1ccsc1)C(=O)O. The molecule has 0 saturated carbocycles. The van der Waals surface area contributed by atoms with Gasteiger partial charge in [-0.25, -0.2) is 9.59 Å². The highest BCUT2D eigenvalue weighted by Gasteiger charge is 2.20. The highest BCUT2D eigenvalue weighted by Crippen LogP contribution is 2.11. The molecule has 0 aliphatic rings. The Morgan fingerprint density at radius 3 is 2.56 bits per heavy atom. The second-order valence-corrected chi connectivity index (χ2v) is 4.21. The van der Waals surface area contributed by atoms with E-state index in [2.05, 4.69) is 10.6 Å². The number of carboxylic acids is 2. The molecule has 8 heteroatoms. The summed E-state index contributed by atoms with van der Waals surface area (Å²) in [6.45, 7) is 0. The second-order valence-electron chi connectivity index (χ2n) is 3.43. The van der Waals surface area contributed by atoms with Crippen LogP contribution in [0.15, 0.2) is 16.8 Å². The van der Waals surface area contributed by atoms with Gasteiger partial charge in [-0.15, -0.1) is 0 Å². The lowest BCUT2D eigenvalue weighted by molar-refractivity contribution is -0.140. The van der Waals surface area contributed by atoms with Crippen LogP contribution in [-0.4, -0.2) is 34.2 Å². The van der Waals surface area contributed by atoms with Crippen LogP contribution in [0.3, 0.4) is 0 Å². The van der Waals surface area contributed by atoms with Gasteiger partial charge in [-0.3, -0.25) is 4.79 Å². The van der Waals surface area contributed by atoms with Crippen molar-refractivity contribution in [2.24, 2.45) is 0 Å². The zero-order chi connectivity index (χ0) is 13.5. The van der Waals surface area contributed by atoms with Crippen molar-refractivity contribution in [1.82, 2.24) is 5.32 Å². The highest BCUT2D eigenvalue weighted by molar-refractivity contribution is 7.08. The number of thiophene rings is 1. The zero-order valence-corrected chi connectivity index (χ0v) is 10.1. The summed E-state index contributed by atoms with van der Waals surface area (Å²) in [6, 6.07) is -0.233. The summed E-state index contributed by atoms with van der Waals surface area (Å²) in [4.78, 5) is 32.6. The van der Waals surface area contributed by atoms with Crippen molar-refractivity contribution in [1.29, 1.82) is 0 Å². The quantitative estimate of drug-likeness (QED) is 0.620. The molecule has 18 heavy (non-hydrogen) atoms. The van der Waals surface area contributed by atoms with E-state index in [-0.39, 0.29) is 12.8 Å². The minimum absolute atomic E-state index is 0.165. The van der Waals surface area contributed by atoms with E-state index in [4.69, 9.17) is 10.2 Å². The largest absolute Gasteiger partial charge is 0.481 e. The molecule has 1 atom stereocenters.